The molecule has 1 fully saturated rings. The summed E-state index contributed by atoms with van der Waals surface area (Å²) in [6, 6.07) is -0.494. The molecule has 0 bridgehead atoms. The maximum atomic E-state index is 12.9. The van der Waals surface area contributed by atoms with E-state index in [-0.39, 0.29) is 19.6 Å². The number of hydrogen-bond acceptors (Lipinski definition) is 3. The van der Waals surface area contributed by atoms with Gasteiger partial charge in [0.25, 0.3) is 5.92 Å². The summed E-state index contributed by atoms with van der Waals surface area (Å²) < 4.78 is 30.6. The first kappa shape index (κ1) is 11.3. The fourth-order valence-electron chi connectivity index (χ4n) is 1.68. The number of carboxylic acid groups (broad SMARTS) is 1. The van der Waals surface area contributed by atoms with Crippen LogP contribution in [0.15, 0.2) is 0 Å². The molecule has 1 rings (SSSR count). The van der Waals surface area contributed by atoms with Crippen molar-refractivity contribution < 1.29 is 23.4 Å². The van der Waals surface area contributed by atoms with Crippen LogP contribution in [-0.2, 0) is 9.53 Å². The summed E-state index contributed by atoms with van der Waals surface area (Å²) in [5.74, 6) is -3.89. The lowest BCUT2D eigenvalue weighted by Gasteiger charge is -2.20. The SMILES string of the molecule is COC[C@H]1CC(F)(F)CN1CC(=O)O. The minimum Gasteiger partial charge on any atom is -0.480 e. The molecule has 0 aromatic rings. The Bertz CT molecular complexity index is 223. The molecular weight excluding hydrogens is 196 g/mol. The summed E-state index contributed by atoms with van der Waals surface area (Å²) in [6.45, 7) is -0.709. The number of ether oxygens (including phenoxy) is 1. The number of halogens is 2. The van der Waals surface area contributed by atoms with Crippen LogP contribution in [0.1, 0.15) is 6.42 Å². The molecule has 0 unspecified atom stereocenters. The molecule has 0 aliphatic carbocycles. The van der Waals surface area contributed by atoms with Crippen LogP contribution in [0.5, 0.6) is 0 Å². The normalized spacial score (nSPS) is 26.6. The number of hydrogen-bond donors (Lipinski definition) is 1. The number of methoxy groups -OCH3 is 1. The van der Waals surface area contributed by atoms with Gasteiger partial charge in [0, 0.05) is 19.6 Å². The first-order valence-corrected chi connectivity index (χ1v) is 4.27. The molecular formula is C8H13F2NO3. The average molecular weight is 209 g/mol. The highest BCUT2D eigenvalue weighted by molar-refractivity contribution is 5.69. The predicted octanol–water partition coefficient (Wildman–Crippen LogP) is 0.427. The van der Waals surface area contributed by atoms with E-state index < -0.39 is 24.5 Å². The molecule has 0 radical (unpaired) electrons. The highest BCUT2D eigenvalue weighted by Gasteiger charge is 2.45. The summed E-state index contributed by atoms with van der Waals surface area (Å²) in [5, 5.41) is 8.50. The van der Waals surface area contributed by atoms with Crippen LogP contribution in [0.3, 0.4) is 0 Å². The van der Waals surface area contributed by atoms with Crippen LogP contribution in [0.25, 0.3) is 0 Å². The molecule has 0 amide bonds. The van der Waals surface area contributed by atoms with Gasteiger partial charge in [0.1, 0.15) is 0 Å². The van der Waals surface area contributed by atoms with Crippen molar-refractivity contribution in [3.8, 4) is 0 Å². The van der Waals surface area contributed by atoms with Gasteiger partial charge in [0.2, 0.25) is 0 Å². The van der Waals surface area contributed by atoms with E-state index in [2.05, 4.69) is 0 Å². The van der Waals surface area contributed by atoms with Crippen LogP contribution in [-0.4, -0.2) is 54.7 Å². The number of alkyl halides is 2. The van der Waals surface area contributed by atoms with Crippen molar-refractivity contribution in [2.75, 3.05) is 26.8 Å². The Kier molecular flexibility index (Phi) is 3.38. The Balaban J connectivity index is 2.57. The second-order valence-corrected chi connectivity index (χ2v) is 3.47. The van der Waals surface area contributed by atoms with Gasteiger partial charge in [0.15, 0.2) is 0 Å². The van der Waals surface area contributed by atoms with Gasteiger partial charge < -0.3 is 9.84 Å². The molecule has 0 spiro atoms. The first-order valence-electron chi connectivity index (χ1n) is 4.27. The van der Waals surface area contributed by atoms with E-state index in [1.165, 1.54) is 12.0 Å². The molecule has 1 aliphatic heterocycles. The highest BCUT2D eigenvalue weighted by atomic mass is 19.3. The van der Waals surface area contributed by atoms with Crippen molar-refractivity contribution in [2.45, 2.75) is 18.4 Å². The quantitative estimate of drug-likeness (QED) is 0.729. The molecule has 6 heteroatoms. The first-order chi connectivity index (χ1) is 6.44. The summed E-state index contributed by atoms with van der Waals surface area (Å²) in [5.41, 5.74) is 0. The van der Waals surface area contributed by atoms with Gasteiger partial charge in [0.05, 0.1) is 19.7 Å². The van der Waals surface area contributed by atoms with Gasteiger partial charge in [-0.25, -0.2) is 8.78 Å². The third kappa shape index (κ3) is 2.88. The van der Waals surface area contributed by atoms with Crippen LogP contribution in [0.4, 0.5) is 8.78 Å². The largest absolute Gasteiger partial charge is 0.480 e. The molecule has 1 aliphatic rings. The molecule has 0 aromatic heterocycles. The lowest BCUT2D eigenvalue weighted by Crippen LogP contribution is -2.37. The standard InChI is InChI=1S/C8H13F2NO3/c1-14-4-6-2-8(9,10)5-11(6)3-7(12)13/h6H,2-5H2,1H3,(H,12,13)/t6-/m1/s1. The van der Waals surface area contributed by atoms with E-state index >= 15 is 0 Å². The Morgan fingerprint density at radius 1 is 1.71 bits per heavy atom. The summed E-state index contributed by atoms with van der Waals surface area (Å²) in [7, 11) is 1.41. The number of aliphatic carboxylic acids is 1. The molecule has 1 atom stereocenters. The van der Waals surface area contributed by atoms with Gasteiger partial charge in [-0.05, 0) is 0 Å². The van der Waals surface area contributed by atoms with E-state index in [4.69, 9.17) is 9.84 Å². The maximum Gasteiger partial charge on any atom is 0.317 e. The minimum absolute atomic E-state index is 0.142. The topological polar surface area (TPSA) is 49.8 Å². The fourth-order valence-corrected chi connectivity index (χ4v) is 1.68. The Labute approximate surface area is 80.4 Å². The van der Waals surface area contributed by atoms with Crippen molar-refractivity contribution in [3.05, 3.63) is 0 Å². The van der Waals surface area contributed by atoms with Crippen LogP contribution >= 0.6 is 0 Å². The zero-order valence-electron chi connectivity index (χ0n) is 7.87. The molecule has 82 valence electrons. The number of carbonyl (C=O) groups is 1. The van der Waals surface area contributed by atoms with Crippen LogP contribution in [0, 0.1) is 0 Å². The predicted molar refractivity (Wildman–Crippen MR) is 44.4 cm³/mol. The summed E-state index contributed by atoms with van der Waals surface area (Å²) in [4.78, 5) is 11.6. The van der Waals surface area contributed by atoms with Crippen molar-refractivity contribution in [1.82, 2.24) is 4.90 Å². The summed E-state index contributed by atoms with van der Waals surface area (Å²) >= 11 is 0. The maximum absolute atomic E-state index is 12.9. The van der Waals surface area contributed by atoms with Crippen molar-refractivity contribution in [1.29, 1.82) is 0 Å². The van der Waals surface area contributed by atoms with E-state index in [1.807, 2.05) is 0 Å². The zero-order valence-corrected chi connectivity index (χ0v) is 7.87. The number of rotatable bonds is 4. The van der Waals surface area contributed by atoms with E-state index in [0.29, 0.717) is 0 Å². The van der Waals surface area contributed by atoms with Crippen molar-refractivity contribution in [2.24, 2.45) is 0 Å². The Morgan fingerprint density at radius 3 is 2.86 bits per heavy atom. The molecule has 4 nitrogen and oxygen atoms in total. The molecule has 0 saturated carbocycles. The van der Waals surface area contributed by atoms with Gasteiger partial charge in [-0.3, -0.25) is 9.69 Å². The van der Waals surface area contributed by atoms with Crippen molar-refractivity contribution >= 4 is 5.97 Å². The van der Waals surface area contributed by atoms with Crippen molar-refractivity contribution in [3.63, 3.8) is 0 Å². The minimum atomic E-state index is -2.79. The lowest BCUT2D eigenvalue weighted by atomic mass is 10.2. The Morgan fingerprint density at radius 2 is 2.36 bits per heavy atom. The van der Waals surface area contributed by atoms with Gasteiger partial charge in [-0.15, -0.1) is 0 Å². The third-order valence-corrected chi connectivity index (χ3v) is 2.18. The fraction of sp³-hybridized carbons (Fsp3) is 0.875. The lowest BCUT2D eigenvalue weighted by molar-refractivity contribution is -0.138. The second kappa shape index (κ2) is 4.18. The average Bonchev–Trinajstić information content (AvgIpc) is 2.25. The zero-order chi connectivity index (χ0) is 10.8. The highest BCUT2D eigenvalue weighted by Crippen LogP contribution is 2.31. The monoisotopic (exact) mass is 209 g/mol. The van der Waals surface area contributed by atoms with Gasteiger partial charge in [-0.1, -0.05) is 0 Å². The molecule has 1 N–H and O–H groups in total. The van der Waals surface area contributed by atoms with E-state index in [9.17, 15) is 13.6 Å². The van der Waals surface area contributed by atoms with Gasteiger partial charge in [-0.2, -0.15) is 0 Å². The third-order valence-electron chi connectivity index (χ3n) is 2.18. The molecule has 0 aromatic carbocycles. The Hall–Kier alpha value is -0.750. The van der Waals surface area contributed by atoms with Gasteiger partial charge >= 0.3 is 5.97 Å². The number of likely N-dealkylation sites (tertiary alicyclic amines) is 1. The van der Waals surface area contributed by atoms with E-state index in [1.54, 1.807) is 0 Å². The van der Waals surface area contributed by atoms with E-state index in [0.717, 1.165) is 0 Å². The second-order valence-electron chi connectivity index (χ2n) is 3.47. The molecule has 14 heavy (non-hydrogen) atoms. The summed E-state index contributed by atoms with van der Waals surface area (Å²) in [6.07, 6.45) is -0.325. The van der Waals surface area contributed by atoms with Crippen LogP contribution < -0.4 is 0 Å². The number of carboxylic acids is 1. The molecule has 1 saturated heterocycles. The molecule has 1 heterocycles. The smallest absolute Gasteiger partial charge is 0.317 e. The number of nitrogens with zero attached hydrogens (tertiary/aromatic N) is 1. The van der Waals surface area contributed by atoms with Crippen LogP contribution in [0.2, 0.25) is 0 Å².